The maximum atomic E-state index is 12.4. The Morgan fingerprint density at radius 1 is 1.21 bits per heavy atom. The van der Waals surface area contributed by atoms with E-state index in [1.165, 1.54) is 32.1 Å². The molecule has 1 N–H and O–H groups in total. The van der Waals surface area contributed by atoms with Crippen LogP contribution in [0.2, 0.25) is 0 Å². The van der Waals surface area contributed by atoms with Crippen molar-refractivity contribution in [3.05, 3.63) is 0 Å². The number of piperidine rings is 2. The number of nitrogens with zero attached hydrogens (tertiary/aromatic N) is 2. The number of hydrogen-bond acceptors (Lipinski definition) is 3. The fourth-order valence-corrected chi connectivity index (χ4v) is 4.02. The van der Waals surface area contributed by atoms with Crippen LogP contribution in [0.4, 0.5) is 0 Å². The zero-order chi connectivity index (χ0) is 13.2. The first-order valence-electron chi connectivity index (χ1n) is 7.99. The highest BCUT2D eigenvalue weighted by Crippen LogP contribution is 2.25. The lowest BCUT2D eigenvalue weighted by Crippen LogP contribution is -2.47. The standard InChI is InChI=1S/C15H27N3O/c1-12-5-2-3-8-18(12)15(19)11-17-9-13-6-4-7-16-14(13)10-17/h12-14,16H,2-11H2,1H3/t12?,13-,14+/m0/s1. The third-order valence-electron chi connectivity index (χ3n) is 5.16. The molecule has 19 heavy (non-hydrogen) atoms. The van der Waals surface area contributed by atoms with Gasteiger partial charge in [-0.3, -0.25) is 9.69 Å². The molecule has 0 spiro atoms. The molecule has 0 aromatic heterocycles. The van der Waals surface area contributed by atoms with Crippen molar-refractivity contribution < 1.29 is 4.79 Å². The van der Waals surface area contributed by atoms with Gasteiger partial charge in [-0.05, 0) is 51.5 Å². The highest BCUT2D eigenvalue weighted by Gasteiger charge is 2.35. The van der Waals surface area contributed by atoms with E-state index in [9.17, 15) is 4.79 Å². The first-order valence-corrected chi connectivity index (χ1v) is 7.99. The predicted octanol–water partition coefficient (Wildman–Crippen LogP) is 1.07. The monoisotopic (exact) mass is 265 g/mol. The van der Waals surface area contributed by atoms with E-state index in [1.54, 1.807) is 0 Å². The topological polar surface area (TPSA) is 35.6 Å². The highest BCUT2D eigenvalue weighted by atomic mass is 16.2. The largest absolute Gasteiger partial charge is 0.339 e. The molecule has 3 rings (SSSR count). The summed E-state index contributed by atoms with van der Waals surface area (Å²) in [6.45, 7) is 7.15. The van der Waals surface area contributed by atoms with Crippen LogP contribution in [-0.4, -0.2) is 60.5 Å². The fourth-order valence-electron chi connectivity index (χ4n) is 4.02. The summed E-state index contributed by atoms with van der Waals surface area (Å²) in [5.41, 5.74) is 0. The molecule has 0 aliphatic carbocycles. The molecule has 0 aromatic carbocycles. The van der Waals surface area contributed by atoms with Gasteiger partial charge in [0.15, 0.2) is 0 Å². The van der Waals surface area contributed by atoms with Crippen LogP contribution in [0.15, 0.2) is 0 Å². The van der Waals surface area contributed by atoms with Gasteiger partial charge in [0.05, 0.1) is 6.54 Å². The van der Waals surface area contributed by atoms with Gasteiger partial charge < -0.3 is 10.2 Å². The SMILES string of the molecule is CC1CCCCN1C(=O)CN1C[C@@H]2CCCN[C@@H]2C1. The molecule has 3 aliphatic rings. The lowest BCUT2D eigenvalue weighted by atomic mass is 9.94. The average molecular weight is 265 g/mol. The van der Waals surface area contributed by atoms with Gasteiger partial charge in [0.25, 0.3) is 0 Å². The van der Waals surface area contributed by atoms with E-state index < -0.39 is 0 Å². The maximum absolute atomic E-state index is 12.4. The van der Waals surface area contributed by atoms with Crippen LogP contribution in [0.5, 0.6) is 0 Å². The van der Waals surface area contributed by atoms with Crippen molar-refractivity contribution in [2.75, 3.05) is 32.7 Å². The summed E-state index contributed by atoms with van der Waals surface area (Å²) in [4.78, 5) is 16.9. The number of fused-ring (bicyclic) bond motifs is 1. The number of likely N-dealkylation sites (tertiary alicyclic amines) is 2. The number of amides is 1. The molecule has 0 saturated carbocycles. The Labute approximate surface area is 116 Å². The van der Waals surface area contributed by atoms with Crippen LogP contribution in [-0.2, 0) is 4.79 Å². The van der Waals surface area contributed by atoms with E-state index in [0.717, 1.165) is 32.1 Å². The van der Waals surface area contributed by atoms with Gasteiger partial charge in [0.1, 0.15) is 0 Å². The van der Waals surface area contributed by atoms with E-state index in [-0.39, 0.29) is 0 Å². The van der Waals surface area contributed by atoms with Crippen LogP contribution in [0.1, 0.15) is 39.0 Å². The minimum Gasteiger partial charge on any atom is -0.339 e. The molecule has 1 unspecified atom stereocenters. The Morgan fingerprint density at radius 3 is 2.89 bits per heavy atom. The highest BCUT2D eigenvalue weighted by molar-refractivity contribution is 5.78. The van der Waals surface area contributed by atoms with E-state index >= 15 is 0 Å². The second kappa shape index (κ2) is 5.80. The van der Waals surface area contributed by atoms with Crippen LogP contribution in [0.3, 0.4) is 0 Å². The summed E-state index contributed by atoms with van der Waals surface area (Å²) in [5.74, 6) is 1.13. The maximum Gasteiger partial charge on any atom is 0.236 e. The van der Waals surface area contributed by atoms with Crippen LogP contribution in [0, 0.1) is 5.92 Å². The van der Waals surface area contributed by atoms with Crippen molar-refractivity contribution in [3.8, 4) is 0 Å². The Bertz CT molecular complexity index is 319. The summed E-state index contributed by atoms with van der Waals surface area (Å²) >= 11 is 0. The summed E-state index contributed by atoms with van der Waals surface area (Å²) in [6.07, 6.45) is 6.28. The molecule has 0 bridgehead atoms. The predicted molar refractivity (Wildman–Crippen MR) is 76.0 cm³/mol. The summed E-state index contributed by atoms with van der Waals surface area (Å²) in [6, 6.07) is 1.09. The van der Waals surface area contributed by atoms with Crippen molar-refractivity contribution in [2.45, 2.75) is 51.1 Å². The molecule has 1 amide bonds. The molecule has 108 valence electrons. The first-order chi connectivity index (χ1) is 9.24. The van der Waals surface area contributed by atoms with E-state index in [2.05, 4.69) is 22.0 Å². The van der Waals surface area contributed by atoms with Gasteiger partial charge in [0.2, 0.25) is 5.91 Å². The molecule has 3 aliphatic heterocycles. The molecular formula is C15H27N3O. The van der Waals surface area contributed by atoms with Gasteiger partial charge >= 0.3 is 0 Å². The van der Waals surface area contributed by atoms with Gasteiger partial charge in [-0.1, -0.05) is 0 Å². The van der Waals surface area contributed by atoms with Crippen LogP contribution in [0.25, 0.3) is 0 Å². The lowest BCUT2D eigenvalue weighted by molar-refractivity contribution is -0.135. The second-order valence-electron chi connectivity index (χ2n) is 6.59. The Kier molecular flexibility index (Phi) is 4.08. The molecule has 3 atom stereocenters. The second-order valence-corrected chi connectivity index (χ2v) is 6.59. The zero-order valence-corrected chi connectivity index (χ0v) is 12.1. The van der Waals surface area contributed by atoms with E-state index in [0.29, 0.717) is 24.5 Å². The Balaban J connectivity index is 1.52. The van der Waals surface area contributed by atoms with Gasteiger partial charge in [-0.15, -0.1) is 0 Å². The van der Waals surface area contributed by atoms with Crippen molar-refractivity contribution >= 4 is 5.91 Å². The average Bonchev–Trinajstić information content (AvgIpc) is 2.81. The molecular weight excluding hydrogens is 238 g/mol. The normalized spacial score (nSPS) is 36.3. The number of nitrogens with one attached hydrogen (secondary N) is 1. The summed E-state index contributed by atoms with van der Waals surface area (Å²) < 4.78 is 0. The summed E-state index contributed by atoms with van der Waals surface area (Å²) in [5, 5.41) is 3.61. The lowest BCUT2D eigenvalue weighted by Gasteiger charge is -2.34. The molecule has 3 fully saturated rings. The van der Waals surface area contributed by atoms with Crippen molar-refractivity contribution in [3.63, 3.8) is 0 Å². The Hall–Kier alpha value is -0.610. The van der Waals surface area contributed by atoms with Crippen LogP contribution >= 0.6 is 0 Å². The minimum absolute atomic E-state index is 0.353. The van der Waals surface area contributed by atoms with Crippen molar-refractivity contribution in [1.82, 2.24) is 15.1 Å². The van der Waals surface area contributed by atoms with Crippen molar-refractivity contribution in [1.29, 1.82) is 0 Å². The summed E-state index contributed by atoms with van der Waals surface area (Å²) in [7, 11) is 0. The van der Waals surface area contributed by atoms with Gasteiger partial charge in [0, 0.05) is 31.7 Å². The number of carbonyl (C=O) groups is 1. The molecule has 3 saturated heterocycles. The zero-order valence-electron chi connectivity index (χ0n) is 12.1. The third-order valence-corrected chi connectivity index (χ3v) is 5.16. The number of hydrogen-bond donors (Lipinski definition) is 1. The molecule has 0 aromatic rings. The van der Waals surface area contributed by atoms with Crippen molar-refractivity contribution in [2.24, 2.45) is 5.92 Å². The molecule has 0 radical (unpaired) electrons. The molecule has 3 heterocycles. The van der Waals surface area contributed by atoms with E-state index in [4.69, 9.17) is 0 Å². The van der Waals surface area contributed by atoms with E-state index in [1.807, 2.05) is 0 Å². The number of carbonyl (C=O) groups excluding carboxylic acids is 1. The van der Waals surface area contributed by atoms with Gasteiger partial charge in [-0.2, -0.15) is 0 Å². The molecule has 4 nitrogen and oxygen atoms in total. The Morgan fingerprint density at radius 2 is 2.11 bits per heavy atom. The smallest absolute Gasteiger partial charge is 0.236 e. The third kappa shape index (κ3) is 2.95. The quantitative estimate of drug-likeness (QED) is 0.811. The fraction of sp³-hybridized carbons (Fsp3) is 0.933. The van der Waals surface area contributed by atoms with Crippen LogP contribution < -0.4 is 5.32 Å². The van der Waals surface area contributed by atoms with Gasteiger partial charge in [-0.25, -0.2) is 0 Å². The first kappa shape index (κ1) is 13.4. The number of rotatable bonds is 2. The minimum atomic E-state index is 0.353. The molecule has 4 heteroatoms.